The molecule has 1 N–H and O–H groups in total. The summed E-state index contributed by atoms with van der Waals surface area (Å²) in [7, 11) is 1.10. The summed E-state index contributed by atoms with van der Waals surface area (Å²) in [5.74, 6) is -1.93. The highest BCUT2D eigenvalue weighted by Crippen LogP contribution is 2.46. The first-order valence-corrected chi connectivity index (χ1v) is 12.9. The first-order valence-electron chi connectivity index (χ1n) is 12.9. The van der Waals surface area contributed by atoms with Crippen LogP contribution in [0, 0.1) is 5.92 Å². The van der Waals surface area contributed by atoms with Crippen molar-refractivity contribution < 1.29 is 45.7 Å². The van der Waals surface area contributed by atoms with Crippen LogP contribution < -0.4 is 4.74 Å². The summed E-state index contributed by atoms with van der Waals surface area (Å²) in [5, 5.41) is 9.43. The number of carboxylic acids is 1. The van der Waals surface area contributed by atoms with E-state index in [2.05, 4.69) is 0 Å². The largest absolute Gasteiger partial charge is 0.496 e. The van der Waals surface area contributed by atoms with E-state index in [0.717, 1.165) is 31.4 Å². The fourth-order valence-electron chi connectivity index (χ4n) is 5.27. The summed E-state index contributed by atoms with van der Waals surface area (Å²) in [6.45, 7) is 0.974. The van der Waals surface area contributed by atoms with E-state index in [1.807, 2.05) is 4.90 Å². The number of alkyl halides is 6. The van der Waals surface area contributed by atoms with Gasteiger partial charge in [0.05, 0.1) is 30.8 Å². The number of nitrogens with zero attached hydrogens (tertiary/aromatic N) is 1. The zero-order valence-electron chi connectivity index (χ0n) is 22.1. The summed E-state index contributed by atoms with van der Waals surface area (Å²) in [6.07, 6.45) is -8.37. The van der Waals surface area contributed by atoms with Crippen molar-refractivity contribution in [1.29, 1.82) is 0 Å². The Labute approximate surface area is 233 Å². The Bertz CT molecular complexity index is 1340. The van der Waals surface area contributed by atoms with Gasteiger partial charge in [0.1, 0.15) is 11.4 Å². The number of likely N-dealkylation sites (tertiary alicyclic amines) is 1. The molecule has 1 saturated heterocycles. The van der Waals surface area contributed by atoms with E-state index in [4.69, 9.17) is 9.47 Å². The van der Waals surface area contributed by atoms with Crippen LogP contribution in [0.15, 0.2) is 72.8 Å². The van der Waals surface area contributed by atoms with E-state index in [1.165, 1.54) is 18.2 Å². The van der Waals surface area contributed by atoms with Crippen LogP contribution in [0.3, 0.4) is 0 Å². The Hall–Kier alpha value is -3.57. The summed E-state index contributed by atoms with van der Waals surface area (Å²) >= 11 is 0. The number of hydrogen-bond acceptors (Lipinski definition) is 4. The molecule has 0 bridgehead atoms. The maximum Gasteiger partial charge on any atom is 0.419 e. The van der Waals surface area contributed by atoms with Crippen LogP contribution in [0.4, 0.5) is 26.3 Å². The van der Waals surface area contributed by atoms with Crippen LogP contribution in [0.1, 0.15) is 40.7 Å². The molecule has 0 amide bonds. The van der Waals surface area contributed by atoms with Gasteiger partial charge >= 0.3 is 18.3 Å². The Morgan fingerprint density at radius 1 is 0.878 bits per heavy atom. The van der Waals surface area contributed by atoms with Crippen LogP contribution in [-0.4, -0.2) is 49.3 Å². The van der Waals surface area contributed by atoms with Gasteiger partial charge in [-0.2, -0.15) is 26.3 Å². The molecule has 0 aliphatic carbocycles. The Kier molecular flexibility index (Phi) is 8.98. The van der Waals surface area contributed by atoms with Crippen LogP contribution in [-0.2, 0) is 27.5 Å². The number of aliphatic carboxylic acids is 1. The SMILES string of the molecule is COc1ccc(C(OCCN2CCC[C@H](C(=O)O)C2)(c2ccccc2)c2cccc(C(F)(F)F)c2)cc1C(F)(F)F. The first-order chi connectivity index (χ1) is 19.4. The highest BCUT2D eigenvalue weighted by atomic mass is 19.4. The van der Waals surface area contributed by atoms with Crippen molar-refractivity contribution in [2.45, 2.75) is 30.8 Å². The number of hydrogen-bond donors (Lipinski definition) is 1. The lowest BCUT2D eigenvalue weighted by Crippen LogP contribution is -2.42. The fourth-order valence-corrected chi connectivity index (χ4v) is 5.27. The molecule has 5 nitrogen and oxygen atoms in total. The van der Waals surface area contributed by atoms with Gasteiger partial charge in [0.15, 0.2) is 0 Å². The van der Waals surface area contributed by atoms with E-state index >= 15 is 0 Å². The zero-order chi connectivity index (χ0) is 29.8. The van der Waals surface area contributed by atoms with Crippen molar-refractivity contribution in [3.63, 3.8) is 0 Å². The third-order valence-electron chi connectivity index (χ3n) is 7.27. The minimum absolute atomic E-state index is 0.0149. The molecular formula is C30H29F6NO4. The number of carboxylic acid groups (broad SMARTS) is 1. The molecule has 1 heterocycles. The highest BCUT2D eigenvalue weighted by Gasteiger charge is 2.43. The van der Waals surface area contributed by atoms with Gasteiger partial charge in [-0.1, -0.05) is 48.5 Å². The number of rotatable bonds is 9. The fraction of sp³-hybridized carbons (Fsp3) is 0.367. The second-order valence-corrected chi connectivity index (χ2v) is 9.87. The summed E-state index contributed by atoms with van der Waals surface area (Å²) < 4.78 is 95.1. The summed E-state index contributed by atoms with van der Waals surface area (Å²) in [4.78, 5) is 13.4. The Morgan fingerprint density at radius 3 is 2.17 bits per heavy atom. The molecule has 0 spiro atoms. The normalized spacial score (nSPS) is 18.1. The third-order valence-corrected chi connectivity index (χ3v) is 7.27. The number of benzene rings is 3. The topological polar surface area (TPSA) is 59.0 Å². The molecule has 0 aromatic heterocycles. The molecule has 1 unspecified atom stereocenters. The molecule has 3 aromatic carbocycles. The Balaban J connectivity index is 1.87. The van der Waals surface area contributed by atoms with Gasteiger partial charge in [-0.3, -0.25) is 4.79 Å². The van der Waals surface area contributed by atoms with Gasteiger partial charge < -0.3 is 19.5 Å². The first kappa shape index (κ1) is 30.4. The second-order valence-electron chi connectivity index (χ2n) is 9.87. The summed E-state index contributed by atoms with van der Waals surface area (Å²) in [6, 6.07) is 15.7. The van der Waals surface area contributed by atoms with Gasteiger partial charge in [-0.05, 0) is 60.3 Å². The van der Waals surface area contributed by atoms with Crippen LogP contribution >= 0.6 is 0 Å². The standard InChI is InChI=1S/C30H29F6NO4/c1-40-26-13-12-23(18-25(26)30(34,35)36)28(21-8-3-2-4-9-21,22-10-5-11-24(17-22)29(31,32)33)41-16-15-37-14-6-7-20(19-37)27(38)39/h2-5,8-13,17-18,20H,6-7,14-16,19H2,1H3,(H,38,39)/t20-,28?/m0/s1. The lowest BCUT2D eigenvalue weighted by Gasteiger charge is -2.38. The minimum atomic E-state index is -4.82. The third kappa shape index (κ3) is 6.68. The molecule has 3 aromatic rings. The average Bonchev–Trinajstić information content (AvgIpc) is 2.95. The average molecular weight is 582 g/mol. The van der Waals surface area contributed by atoms with Crippen molar-refractivity contribution in [3.05, 3.63) is 101 Å². The number of methoxy groups -OCH3 is 1. The number of piperidine rings is 1. The molecule has 1 aliphatic heterocycles. The summed E-state index contributed by atoms with van der Waals surface area (Å²) in [5.41, 5.74) is -3.70. The molecule has 1 aliphatic rings. The molecule has 41 heavy (non-hydrogen) atoms. The molecule has 220 valence electrons. The van der Waals surface area contributed by atoms with Crippen LogP contribution in [0.5, 0.6) is 5.75 Å². The molecular weight excluding hydrogens is 552 g/mol. The molecule has 0 radical (unpaired) electrons. The van der Waals surface area contributed by atoms with E-state index in [-0.39, 0.29) is 30.8 Å². The van der Waals surface area contributed by atoms with Crippen molar-refractivity contribution in [2.75, 3.05) is 33.4 Å². The second kappa shape index (κ2) is 12.1. The maximum atomic E-state index is 14.1. The number of carbonyl (C=O) groups is 1. The molecule has 2 atom stereocenters. The van der Waals surface area contributed by atoms with Crippen molar-refractivity contribution in [3.8, 4) is 5.75 Å². The molecule has 4 rings (SSSR count). The molecule has 1 fully saturated rings. The van der Waals surface area contributed by atoms with Crippen LogP contribution in [0.2, 0.25) is 0 Å². The number of ether oxygens (including phenoxy) is 2. The monoisotopic (exact) mass is 581 g/mol. The van der Waals surface area contributed by atoms with Gasteiger partial charge in [-0.15, -0.1) is 0 Å². The lowest BCUT2D eigenvalue weighted by atomic mass is 9.79. The predicted molar refractivity (Wildman–Crippen MR) is 139 cm³/mol. The van der Waals surface area contributed by atoms with Gasteiger partial charge in [0.2, 0.25) is 0 Å². The quantitative estimate of drug-likeness (QED) is 0.222. The van der Waals surface area contributed by atoms with Crippen molar-refractivity contribution >= 4 is 5.97 Å². The van der Waals surface area contributed by atoms with Gasteiger partial charge in [0.25, 0.3) is 0 Å². The predicted octanol–water partition coefficient (Wildman–Crippen LogP) is 6.84. The van der Waals surface area contributed by atoms with Crippen LogP contribution in [0.25, 0.3) is 0 Å². The zero-order valence-corrected chi connectivity index (χ0v) is 22.1. The molecule has 0 saturated carbocycles. The van der Waals surface area contributed by atoms with E-state index in [9.17, 15) is 36.2 Å². The minimum Gasteiger partial charge on any atom is -0.496 e. The van der Waals surface area contributed by atoms with E-state index < -0.39 is 46.7 Å². The Morgan fingerprint density at radius 2 is 1.54 bits per heavy atom. The smallest absolute Gasteiger partial charge is 0.419 e. The van der Waals surface area contributed by atoms with Gasteiger partial charge in [0, 0.05) is 13.1 Å². The van der Waals surface area contributed by atoms with Crippen molar-refractivity contribution in [2.24, 2.45) is 5.92 Å². The van der Waals surface area contributed by atoms with E-state index in [0.29, 0.717) is 24.9 Å². The number of halogens is 6. The lowest BCUT2D eigenvalue weighted by molar-refractivity contribution is -0.144. The van der Waals surface area contributed by atoms with E-state index in [1.54, 1.807) is 30.3 Å². The maximum absolute atomic E-state index is 14.1. The molecule has 11 heteroatoms. The highest BCUT2D eigenvalue weighted by molar-refractivity contribution is 5.70. The van der Waals surface area contributed by atoms with Crippen molar-refractivity contribution in [1.82, 2.24) is 4.90 Å². The van der Waals surface area contributed by atoms with Gasteiger partial charge in [-0.25, -0.2) is 0 Å².